The average molecular weight is 220 g/mol. The molecule has 0 rings (SSSR count). The van der Waals surface area contributed by atoms with Crippen LogP contribution < -0.4 is 0 Å². The van der Waals surface area contributed by atoms with E-state index >= 15 is 0 Å². The molecule has 0 aromatic carbocycles. The predicted molar refractivity (Wildman–Crippen MR) is 54.8 cm³/mol. The summed E-state index contributed by atoms with van der Waals surface area (Å²) in [6.45, 7) is 3.21. The summed E-state index contributed by atoms with van der Waals surface area (Å²) >= 11 is 0. The molecule has 90 valence electrons. The van der Waals surface area contributed by atoms with Crippen LogP contribution in [0.15, 0.2) is 0 Å². The zero-order chi connectivity index (χ0) is 11.5. The van der Waals surface area contributed by atoms with Gasteiger partial charge in [-0.05, 0) is 6.42 Å². The van der Waals surface area contributed by atoms with Gasteiger partial charge in [-0.2, -0.15) is 0 Å². The second-order valence-corrected chi connectivity index (χ2v) is 3.18. The standard InChI is InChI=1S/C10H20O5/c1-2-3-6-14-7-8-15-9(4-5-11)10(12)13/h9,11H,2-8H2,1H3,(H,12,13). The minimum absolute atomic E-state index is 0.115. The van der Waals surface area contributed by atoms with Gasteiger partial charge in [-0.15, -0.1) is 0 Å². The third kappa shape index (κ3) is 8.35. The smallest absolute Gasteiger partial charge is 0.332 e. The minimum Gasteiger partial charge on any atom is -0.479 e. The minimum atomic E-state index is -1.04. The Morgan fingerprint density at radius 1 is 1.33 bits per heavy atom. The van der Waals surface area contributed by atoms with Gasteiger partial charge in [-0.25, -0.2) is 4.79 Å². The summed E-state index contributed by atoms with van der Waals surface area (Å²) in [6, 6.07) is 0. The molecule has 0 aromatic rings. The Balaban J connectivity index is 3.41. The molecule has 0 saturated carbocycles. The van der Waals surface area contributed by atoms with E-state index in [2.05, 4.69) is 6.92 Å². The molecular formula is C10H20O5. The topological polar surface area (TPSA) is 76.0 Å². The van der Waals surface area contributed by atoms with Crippen LogP contribution in [0.3, 0.4) is 0 Å². The summed E-state index contributed by atoms with van der Waals surface area (Å²) in [5.74, 6) is -1.04. The number of rotatable bonds is 10. The first-order chi connectivity index (χ1) is 7.22. The van der Waals surface area contributed by atoms with E-state index in [1.54, 1.807) is 0 Å². The quantitative estimate of drug-likeness (QED) is 0.529. The van der Waals surface area contributed by atoms with Crippen molar-refractivity contribution in [3.8, 4) is 0 Å². The summed E-state index contributed by atoms with van der Waals surface area (Å²) < 4.78 is 10.2. The van der Waals surface area contributed by atoms with Crippen molar-refractivity contribution in [3.05, 3.63) is 0 Å². The number of unbranched alkanes of at least 4 members (excludes halogenated alkanes) is 1. The molecule has 0 aromatic heterocycles. The fourth-order valence-corrected chi connectivity index (χ4v) is 0.993. The second-order valence-electron chi connectivity index (χ2n) is 3.18. The summed E-state index contributed by atoms with van der Waals surface area (Å²) in [4.78, 5) is 10.6. The van der Waals surface area contributed by atoms with Crippen LogP contribution in [-0.4, -0.2) is 48.7 Å². The SMILES string of the molecule is CCCCOCCOC(CCO)C(=O)O. The van der Waals surface area contributed by atoms with Crippen molar-refractivity contribution < 1.29 is 24.5 Å². The third-order valence-corrected chi connectivity index (χ3v) is 1.86. The number of carboxylic acids is 1. The Bertz CT molecular complexity index is 160. The van der Waals surface area contributed by atoms with Crippen molar-refractivity contribution in [2.24, 2.45) is 0 Å². The monoisotopic (exact) mass is 220 g/mol. The lowest BCUT2D eigenvalue weighted by Crippen LogP contribution is -2.26. The van der Waals surface area contributed by atoms with Crippen LogP contribution in [0, 0.1) is 0 Å². The van der Waals surface area contributed by atoms with Gasteiger partial charge in [0.25, 0.3) is 0 Å². The Morgan fingerprint density at radius 3 is 2.60 bits per heavy atom. The lowest BCUT2D eigenvalue weighted by atomic mass is 10.3. The first-order valence-corrected chi connectivity index (χ1v) is 5.25. The molecular weight excluding hydrogens is 200 g/mol. The third-order valence-electron chi connectivity index (χ3n) is 1.86. The maximum absolute atomic E-state index is 10.6. The fraction of sp³-hybridized carbons (Fsp3) is 0.900. The van der Waals surface area contributed by atoms with Crippen molar-refractivity contribution in [1.82, 2.24) is 0 Å². The van der Waals surface area contributed by atoms with Crippen LogP contribution in [0.5, 0.6) is 0 Å². The van der Waals surface area contributed by atoms with Gasteiger partial charge >= 0.3 is 5.97 Å². The molecule has 0 bridgehead atoms. The van der Waals surface area contributed by atoms with Gasteiger partial charge in [0.1, 0.15) is 0 Å². The molecule has 15 heavy (non-hydrogen) atoms. The lowest BCUT2D eigenvalue weighted by Gasteiger charge is -2.12. The Kier molecular flexibility index (Phi) is 9.46. The van der Waals surface area contributed by atoms with Crippen LogP contribution in [0.25, 0.3) is 0 Å². The summed E-state index contributed by atoms with van der Waals surface area (Å²) in [6.07, 6.45) is 1.26. The van der Waals surface area contributed by atoms with Gasteiger partial charge in [-0.3, -0.25) is 0 Å². The number of aliphatic hydroxyl groups excluding tert-OH is 1. The maximum atomic E-state index is 10.6. The average Bonchev–Trinajstić information content (AvgIpc) is 2.21. The van der Waals surface area contributed by atoms with Crippen molar-refractivity contribution in [3.63, 3.8) is 0 Å². The number of hydrogen-bond donors (Lipinski definition) is 2. The van der Waals surface area contributed by atoms with E-state index < -0.39 is 12.1 Å². The lowest BCUT2D eigenvalue weighted by molar-refractivity contribution is -0.152. The molecule has 0 aliphatic heterocycles. The molecule has 0 fully saturated rings. The second kappa shape index (κ2) is 9.89. The number of carboxylic acid groups (broad SMARTS) is 1. The number of aliphatic carboxylic acids is 1. The Labute approximate surface area is 90.0 Å². The van der Waals surface area contributed by atoms with Crippen molar-refractivity contribution in [1.29, 1.82) is 0 Å². The number of aliphatic hydroxyl groups is 1. The van der Waals surface area contributed by atoms with Gasteiger partial charge in [-0.1, -0.05) is 13.3 Å². The van der Waals surface area contributed by atoms with Crippen LogP contribution in [0.2, 0.25) is 0 Å². The zero-order valence-electron chi connectivity index (χ0n) is 9.15. The Hall–Kier alpha value is -0.650. The normalized spacial score (nSPS) is 12.7. The zero-order valence-corrected chi connectivity index (χ0v) is 9.15. The first-order valence-electron chi connectivity index (χ1n) is 5.25. The van der Waals surface area contributed by atoms with Gasteiger partial charge in [0.15, 0.2) is 6.10 Å². The van der Waals surface area contributed by atoms with E-state index in [-0.39, 0.29) is 19.6 Å². The molecule has 0 heterocycles. The molecule has 1 unspecified atom stereocenters. The van der Waals surface area contributed by atoms with E-state index in [0.29, 0.717) is 13.2 Å². The van der Waals surface area contributed by atoms with Crippen LogP contribution in [0.4, 0.5) is 0 Å². The van der Waals surface area contributed by atoms with E-state index in [1.807, 2.05) is 0 Å². The van der Waals surface area contributed by atoms with Gasteiger partial charge in [0.2, 0.25) is 0 Å². The van der Waals surface area contributed by atoms with Crippen molar-refractivity contribution in [2.45, 2.75) is 32.3 Å². The molecule has 2 N–H and O–H groups in total. The molecule has 5 heteroatoms. The largest absolute Gasteiger partial charge is 0.479 e. The van der Waals surface area contributed by atoms with E-state index in [1.165, 1.54) is 0 Å². The predicted octanol–water partition coefficient (Wildman–Crippen LogP) is 0.655. The summed E-state index contributed by atoms with van der Waals surface area (Å²) in [7, 11) is 0. The van der Waals surface area contributed by atoms with Gasteiger partial charge in [0.05, 0.1) is 13.2 Å². The van der Waals surface area contributed by atoms with E-state index in [0.717, 1.165) is 12.8 Å². The Morgan fingerprint density at radius 2 is 2.07 bits per heavy atom. The first kappa shape index (κ1) is 14.3. The molecule has 0 saturated heterocycles. The van der Waals surface area contributed by atoms with E-state index in [4.69, 9.17) is 19.7 Å². The van der Waals surface area contributed by atoms with Crippen LogP contribution in [0.1, 0.15) is 26.2 Å². The molecule has 0 spiro atoms. The van der Waals surface area contributed by atoms with Crippen LogP contribution >= 0.6 is 0 Å². The van der Waals surface area contributed by atoms with E-state index in [9.17, 15) is 4.79 Å². The highest BCUT2D eigenvalue weighted by Crippen LogP contribution is 1.98. The number of hydrogen-bond acceptors (Lipinski definition) is 4. The van der Waals surface area contributed by atoms with Crippen LogP contribution in [-0.2, 0) is 14.3 Å². The molecule has 0 aliphatic carbocycles. The molecule has 0 radical (unpaired) electrons. The molecule has 1 atom stereocenters. The molecule has 5 nitrogen and oxygen atoms in total. The highest BCUT2D eigenvalue weighted by atomic mass is 16.5. The fourth-order valence-electron chi connectivity index (χ4n) is 0.993. The molecule has 0 amide bonds. The molecule has 0 aliphatic rings. The van der Waals surface area contributed by atoms with Crippen molar-refractivity contribution in [2.75, 3.05) is 26.4 Å². The van der Waals surface area contributed by atoms with Crippen molar-refractivity contribution >= 4 is 5.97 Å². The summed E-state index contributed by atoms with van der Waals surface area (Å²) in [5, 5.41) is 17.3. The maximum Gasteiger partial charge on any atom is 0.332 e. The van der Waals surface area contributed by atoms with Gasteiger partial charge in [0, 0.05) is 19.6 Å². The summed E-state index contributed by atoms with van der Waals surface area (Å²) in [5.41, 5.74) is 0. The highest BCUT2D eigenvalue weighted by molar-refractivity contribution is 5.72. The number of ether oxygens (including phenoxy) is 2. The number of carbonyl (C=O) groups is 1. The highest BCUT2D eigenvalue weighted by Gasteiger charge is 2.16. The van der Waals surface area contributed by atoms with Gasteiger partial charge < -0.3 is 19.7 Å².